The average molecular weight is 448 g/mol. The molecule has 2 aromatic heterocycles. The molecule has 2 rings (SSSR count). The van der Waals surface area contributed by atoms with Crippen LogP contribution in [0, 0.1) is 0 Å². The van der Waals surface area contributed by atoms with E-state index in [9.17, 15) is 0 Å². The van der Waals surface area contributed by atoms with Crippen LogP contribution in [0.3, 0.4) is 0 Å². The monoisotopic (exact) mass is 448 g/mol. The van der Waals surface area contributed by atoms with Gasteiger partial charge in [0.15, 0.2) is 5.96 Å². The predicted octanol–water partition coefficient (Wildman–Crippen LogP) is 3.91. The number of rotatable bonds is 5. The summed E-state index contributed by atoms with van der Waals surface area (Å²) in [5.74, 6) is 1.65. The highest BCUT2D eigenvalue weighted by atomic mass is 127. The lowest BCUT2D eigenvalue weighted by Gasteiger charge is -2.13. The number of aliphatic imine (C=N–C) groups is 1. The normalized spacial score (nSPS) is 11.9. The molecule has 7 heteroatoms. The zero-order valence-electron chi connectivity index (χ0n) is 14.0. The minimum atomic E-state index is 0. The zero-order valence-corrected chi connectivity index (χ0v) is 17.2. The maximum absolute atomic E-state index is 5.31. The fraction of sp³-hybridized carbons (Fsp3) is 0.500. The van der Waals surface area contributed by atoms with Crippen LogP contribution in [0.5, 0.6) is 0 Å². The molecule has 23 heavy (non-hydrogen) atoms. The van der Waals surface area contributed by atoms with Crippen LogP contribution in [-0.2, 0) is 18.5 Å². The highest BCUT2D eigenvalue weighted by molar-refractivity contribution is 14.0. The molecule has 5 nitrogen and oxygen atoms in total. The van der Waals surface area contributed by atoms with Crippen LogP contribution < -0.4 is 10.6 Å². The van der Waals surface area contributed by atoms with E-state index in [4.69, 9.17) is 4.42 Å². The van der Waals surface area contributed by atoms with Gasteiger partial charge in [-0.15, -0.1) is 35.3 Å². The van der Waals surface area contributed by atoms with E-state index in [0.29, 0.717) is 13.1 Å². The summed E-state index contributed by atoms with van der Waals surface area (Å²) in [6, 6.07) is 3.82. The molecule has 2 heterocycles. The lowest BCUT2D eigenvalue weighted by Crippen LogP contribution is -2.36. The molecule has 0 aliphatic rings. The summed E-state index contributed by atoms with van der Waals surface area (Å²) in [5, 5.41) is 9.70. The van der Waals surface area contributed by atoms with Gasteiger partial charge < -0.3 is 15.1 Å². The minimum Gasteiger partial charge on any atom is -0.467 e. The first kappa shape index (κ1) is 20.0. The number of hydrogen-bond acceptors (Lipinski definition) is 4. The largest absolute Gasteiger partial charge is 0.467 e. The van der Waals surface area contributed by atoms with E-state index < -0.39 is 0 Å². The van der Waals surface area contributed by atoms with Crippen LogP contribution in [0.4, 0.5) is 0 Å². The van der Waals surface area contributed by atoms with Gasteiger partial charge in [-0.1, -0.05) is 20.8 Å². The lowest BCUT2D eigenvalue weighted by atomic mass is 9.98. The Morgan fingerprint density at radius 1 is 1.35 bits per heavy atom. The SMILES string of the molecule is CCNC(=NCc1csc(C(C)(C)C)n1)NCc1ccco1.I. The molecule has 0 saturated carbocycles. The van der Waals surface area contributed by atoms with Gasteiger partial charge in [0.05, 0.1) is 30.1 Å². The van der Waals surface area contributed by atoms with Crippen molar-refractivity contribution in [1.29, 1.82) is 0 Å². The van der Waals surface area contributed by atoms with E-state index in [1.54, 1.807) is 17.6 Å². The van der Waals surface area contributed by atoms with Crippen molar-refractivity contribution in [3.63, 3.8) is 0 Å². The summed E-state index contributed by atoms with van der Waals surface area (Å²) in [5.41, 5.74) is 1.10. The fourth-order valence-corrected chi connectivity index (χ4v) is 2.71. The number of guanidine groups is 1. The number of aromatic nitrogens is 1. The Balaban J connectivity index is 0.00000264. The first-order valence-corrected chi connectivity index (χ1v) is 8.36. The van der Waals surface area contributed by atoms with Gasteiger partial charge in [-0.25, -0.2) is 9.98 Å². The van der Waals surface area contributed by atoms with Gasteiger partial charge in [0.25, 0.3) is 0 Å². The highest BCUT2D eigenvalue weighted by Gasteiger charge is 2.17. The minimum absolute atomic E-state index is 0. The van der Waals surface area contributed by atoms with E-state index >= 15 is 0 Å². The molecule has 128 valence electrons. The Bertz CT molecular complexity index is 602. The summed E-state index contributed by atoms with van der Waals surface area (Å²) < 4.78 is 5.31. The molecular weight excluding hydrogens is 423 g/mol. The van der Waals surface area contributed by atoms with Gasteiger partial charge in [-0.3, -0.25) is 0 Å². The Morgan fingerprint density at radius 2 is 2.13 bits per heavy atom. The number of furan rings is 1. The molecule has 2 N–H and O–H groups in total. The third-order valence-corrected chi connectivity index (χ3v) is 4.26. The van der Waals surface area contributed by atoms with E-state index in [2.05, 4.69) is 46.8 Å². The van der Waals surface area contributed by atoms with Crippen LogP contribution in [-0.4, -0.2) is 17.5 Å². The number of nitrogens with one attached hydrogen (secondary N) is 2. The second kappa shape index (κ2) is 9.27. The molecule has 0 fully saturated rings. The standard InChI is InChI=1S/C16H24N4OS.HI/c1-5-17-15(19-10-13-7-6-8-21-13)18-9-12-11-22-14(20-12)16(2,3)4;/h6-8,11H,5,9-10H2,1-4H3,(H2,17,18,19);1H. The van der Waals surface area contributed by atoms with Gasteiger partial charge >= 0.3 is 0 Å². The number of hydrogen-bond donors (Lipinski definition) is 2. The van der Waals surface area contributed by atoms with Crippen LogP contribution >= 0.6 is 35.3 Å². The maximum Gasteiger partial charge on any atom is 0.192 e. The Morgan fingerprint density at radius 3 is 2.70 bits per heavy atom. The quantitative estimate of drug-likeness (QED) is 0.414. The van der Waals surface area contributed by atoms with Gasteiger partial charge in [-0.05, 0) is 19.1 Å². The summed E-state index contributed by atoms with van der Waals surface area (Å²) in [4.78, 5) is 9.24. The van der Waals surface area contributed by atoms with E-state index in [1.807, 2.05) is 19.1 Å². The number of halogens is 1. The fourth-order valence-electron chi connectivity index (χ4n) is 1.81. The van der Waals surface area contributed by atoms with Crippen molar-refractivity contribution in [2.45, 2.75) is 46.2 Å². The molecule has 0 radical (unpaired) electrons. The molecule has 0 aromatic carbocycles. The van der Waals surface area contributed by atoms with Crippen molar-refractivity contribution in [2.75, 3.05) is 6.54 Å². The lowest BCUT2D eigenvalue weighted by molar-refractivity contribution is 0.501. The van der Waals surface area contributed by atoms with E-state index in [0.717, 1.165) is 29.0 Å². The second-order valence-corrected chi connectivity index (χ2v) is 6.88. The van der Waals surface area contributed by atoms with Crippen molar-refractivity contribution >= 4 is 41.3 Å². The molecule has 0 amide bonds. The molecule has 0 bridgehead atoms. The Labute approximate surface area is 159 Å². The van der Waals surface area contributed by atoms with Gasteiger partial charge in [-0.2, -0.15) is 0 Å². The van der Waals surface area contributed by atoms with Crippen molar-refractivity contribution < 1.29 is 4.42 Å². The molecule has 2 aromatic rings. The molecule has 0 atom stereocenters. The first-order valence-electron chi connectivity index (χ1n) is 7.48. The average Bonchev–Trinajstić information content (AvgIpc) is 3.12. The van der Waals surface area contributed by atoms with Crippen molar-refractivity contribution in [3.8, 4) is 0 Å². The number of nitrogens with zero attached hydrogens (tertiary/aromatic N) is 2. The van der Waals surface area contributed by atoms with Crippen molar-refractivity contribution in [3.05, 3.63) is 40.2 Å². The molecule has 0 unspecified atom stereocenters. The predicted molar refractivity (Wildman–Crippen MR) is 107 cm³/mol. The smallest absolute Gasteiger partial charge is 0.192 e. The zero-order chi connectivity index (χ0) is 16.0. The second-order valence-electron chi connectivity index (χ2n) is 6.02. The third-order valence-electron chi connectivity index (χ3n) is 2.95. The van der Waals surface area contributed by atoms with Crippen molar-refractivity contribution in [1.82, 2.24) is 15.6 Å². The molecule has 0 saturated heterocycles. The highest BCUT2D eigenvalue weighted by Crippen LogP contribution is 2.25. The Hall–Kier alpha value is -1.09. The van der Waals surface area contributed by atoms with Gasteiger partial charge in [0, 0.05) is 17.3 Å². The van der Waals surface area contributed by atoms with Crippen LogP contribution in [0.1, 0.15) is 44.2 Å². The van der Waals surface area contributed by atoms with E-state index in [-0.39, 0.29) is 29.4 Å². The Kier molecular flexibility index (Phi) is 8.04. The van der Waals surface area contributed by atoms with Crippen LogP contribution in [0.2, 0.25) is 0 Å². The topological polar surface area (TPSA) is 62.5 Å². The first-order chi connectivity index (χ1) is 10.5. The van der Waals surface area contributed by atoms with Crippen molar-refractivity contribution in [2.24, 2.45) is 4.99 Å². The summed E-state index contributed by atoms with van der Waals surface area (Å²) >= 11 is 1.70. The van der Waals surface area contributed by atoms with E-state index in [1.165, 1.54) is 0 Å². The maximum atomic E-state index is 5.31. The third kappa shape index (κ3) is 6.50. The summed E-state index contributed by atoms with van der Waals surface area (Å²) in [7, 11) is 0. The van der Waals surface area contributed by atoms with Crippen LogP contribution in [0.15, 0.2) is 33.2 Å². The summed E-state index contributed by atoms with van der Waals surface area (Å²) in [6.45, 7) is 10.6. The summed E-state index contributed by atoms with van der Waals surface area (Å²) in [6.07, 6.45) is 1.67. The number of thiazole rings is 1. The molecule has 0 spiro atoms. The molecular formula is C16H25IN4OS. The molecule has 0 aliphatic heterocycles. The molecule has 0 aliphatic carbocycles. The van der Waals surface area contributed by atoms with Gasteiger partial charge in [0.1, 0.15) is 5.76 Å². The van der Waals surface area contributed by atoms with Gasteiger partial charge in [0.2, 0.25) is 0 Å². The van der Waals surface area contributed by atoms with Crippen LogP contribution in [0.25, 0.3) is 0 Å².